The number of amides is 2. The lowest BCUT2D eigenvalue weighted by molar-refractivity contribution is -0.386. The van der Waals surface area contributed by atoms with Crippen LogP contribution >= 0.6 is 0 Å². The third kappa shape index (κ3) is 5.28. The van der Waals surface area contributed by atoms with E-state index in [0.717, 1.165) is 6.07 Å². The summed E-state index contributed by atoms with van der Waals surface area (Å²) in [6.07, 6.45) is 0. The van der Waals surface area contributed by atoms with Crippen LogP contribution in [0, 0.1) is 10.1 Å². The summed E-state index contributed by atoms with van der Waals surface area (Å²) in [5.74, 6) is -0.0661. The predicted octanol–water partition coefficient (Wildman–Crippen LogP) is 4.05. The third-order valence-electron chi connectivity index (χ3n) is 4.11. The third-order valence-corrected chi connectivity index (χ3v) is 5.47. The van der Waals surface area contributed by atoms with Gasteiger partial charge in [0.15, 0.2) is 5.75 Å². The number of hydrogen-bond donors (Lipinski definition) is 3. The Bertz CT molecular complexity index is 1220. The molecule has 160 valence electrons. The van der Waals surface area contributed by atoms with Crippen molar-refractivity contribution >= 4 is 38.8 Å². The molecule has 0 aliphatic rings. The lowest BCUT2D eigenvalue weighted by atomic mass is 10.3. The molecule has 0 aliphatic carbocycles. The van der Waals surface area contributed by atoms with Crippen molar-refractivity contribution in [2.45, 2.75) is 4.90 Å². The zero-order valence-corrected chi connectivity index (χ0v) is 17.0. The predicted molar refractivity (Wildman–Crippen MR) is 116 cm³/mol. The van der Waals surface area contributed by atoms with Gasteiger partial charge in [-0.2, -0.15) is 0 Å². The molecule has 3 rings (SSSR count). The summed E-state index contributed by atoms with van der Waals surface area (Å²) in [7, 11) is -2.95. The molecule has 0 unspecified atom stereocenters. The minimum atomic E-state index is -4.19. The van der Waals surface area contributed by atoms with Gasteiger partial charge in [0.2, 0.25) is 0 Å². The monoisotopic (exact) mass is 442 g/mol. The Kier molecular flexibility index (Phi) is 6.36. The highest BCUT2D eigenvalue weighted by atomic mass is 32.2. The zero-order chi connectivity index (χ0) is 22.4. The lowest BCUT2D eigenvalue weighted by Crippen LogP contribution is -2.21. The fourth-order valence-electron chi connectivity index (χ4n) is 2.67. The Labute approximate surface area is 178 Å². The van der Waals surface area contributed by atoms with Crippen LogP contribution < -0.4 is 20.1 Å². The topological polar surface area (TPSA) is 140 Å². The average molecular weight is 442 g/mol. The molecule has 2 amide bonds. The smallest absolute Gasteiger partial charge is 0.323 e. The van der Waals surface area contributed by atoms with Gasteiger partial charge in [-0.15, -0.1) is 0 Å². The number of anilines is 3. The summed E-state index contributed by atoms with van der Waals surface area (Å²) in [6.45, 7) is 0. The van der Waals surface area contributed by atoms with Crippen molar-refractivity contribution in [2.75, 3.05) is 22.5 Å². The van der Waals surface area contributed by atoms with Crippen LogP contribution in [0.25, 0.3) is 0 Å². The molecular formula is C20H18N4O6S. The van der Waals surface area contributed by atoms with Gasteiger partial charge in [0.25, 0.3) is 10.0 Å². The fraction of sp³-hybridized carbons (Fsp3) is 0.0500. The Morgan fingerprint density at radius 1 is 0.935 bits per heavy atom. The van der Waals surface area contributed by atoms with Gasteiger partial charge in [0.05, 0.1) is 28.3 Å². The Hall–Kier alpha value is -4.12. The molecule has 0 fully saturated rings. The molecule has 0 heterocycles. The van der Waals surface area contributed by atoms with Gasteiger partial charge < -0.3 is 15.4 Å². The van der Waals surface area contributed by atoms with Crippen LogP contribution in [-0.4, -0.2) is 26.5 Å². The van der Waals surface area contributed by atoms with E-state index in [4.69, 9.17) is 4.74 Å². The average Bonchev–Trinajstić information content (AvgIpc) is 2.75. The largest absolute Gasteiger partial charge is 0.490 e. The van der Waals surface area contributed by atoms with Gasteiger partial charge in [-0.05, 0) is 36.4 Å². The molecule has 0 bridgehead atoms. The van der Waals surface area contributed by atoms with E-state index in [9.17, 15) is 23.3 Å². The highest BCUT2D eigenvalue weighted by Crippen LogP contribution is 2.31. The van der Waals surface area contributed by atoms with E-state index < -0.39 is 26.7 Å². The maximum Gasteiger partial charge on any atom is 0.323 e. The van der Waals surface area contributed by atoms with E-state index in [0.29, 0.717) is 5.69 Å². The summed E-state index contributed by atoms with van der Waals surface area (Å²) >= 11 is 0. The van der Waals surface area contributed by atoms with Gasteiger partial charge in [-0.3, -0.25) is 14.8 Å². The van der Waals surface area contributed by atoms with E-state index in [1.165, 1.54) is 31.4 Å². The van der Waals surface area contributed by atoms with Crippen LogP contribution in [0.3, 0.4) is 0 Å². The van der Waals surface area contributed by atoms with Gasteiger partial charge in [0.1, 0.15) is 0 Å². The first-order chi connectivity index (χ1) is 14.8. The molecule has 0 aromatic heterocycles. The number of urea groups is 1. The van der Waals surface area contributed by atoms with Crippen LogP contribution in [0.2, 0.25) is 0 Å². The van der Waals surface area contributed by atoms with Gasteiger partial charge in [0, 0.05) is 11.8 Å². The number of hydrogen-bond acceptors (Lipinski definition) is 6. The number of carbonyl (C=O) groups is 1. The summed E-state index contributed by atoms with van der Waals surface area (Å²) in [4.78, 5) is 22.4. The minimum Gasteiger partial charge on any atom is -0.490 e. The number of rotatable bonds is 7. The Morgan fingerprint density at radius 2 is 1.58 bits per heavy atom. The molecule has 0 aliphatic heterocycles. The lowest BCUT2D eigenvalue weighted by Gasteiger charge is -2.14. The molecule has 31 heavy (non-hydrogen) atoms. The van der Waals surface area contributed by atoms with Crippen molar-refractivity contribution in [3.05, 3.63) is 82.9 Å². The number of nitro groups is 1. The molecular weight excluding hydrogens is 424 g/mol. The van der Waals surface area contributed by atoms with Gasteiger partial charge in [-0.25, -0.2) is 13.2 Å². The van der Waals surface area contributed by atoms with E-state index >= 15 is 0 Å². The van der Waals surface area contributed by atoms with Crippen LogP contribution in [-0.2, 0) is 10.0 Å². The molecule has 0 saturated carbocycles. The second kappa shape index (κ2) is 9.13. The number of nitro benzene ring substituents is 1. The number of carbonyl (C=O) groups excluding carboxylic acids is 1. The van der Waals surface area contributed by atoms with Crippen LogP contribution in [0.15, 0.2) is 77.7 Å². The summed E-state index contributed by atoms with van der Waals surface area (Å²) < 4.78 is 32.8. The van der Waals surface area contributed by atoms with Crippen molar-refractivity contribution in [1.82, 2.24) is 0 Å². The molecule has 3 aromatic rings. The molecule has 0 atom stereocenters. The van der Waals surface area contributed by atoms with Gasteiger partial charge >= 0.3 is 11.7 Å². The van der Waals surface area contributed by atoms with E-state index in [1.54, 1.807) is 42.5 Å². The molecule has 3 aromatic carbocycles. The highest BCUT2D eigenvalue weighted by Gasteiger charge is 2.23. The molecule has 11 heteroatoms. The first kappa shape index (κ1) is 21.6. The maximum absolute atomic E-state index is 12.8. The summed E-state index contributed by atoms with van der Waals surface area (Å²) in [6, 6.07) is 17.6. The number of benzene rings is 3. The van der Waals surface area contributed by atoms with E-state index in [2.05, 4.69) is 15.4 Å². The molecule has 0 saturated heterocycles. The Balaban J connectivity index is 1.83. The van der Waals surface area contributed by atoms with Crippen molar-refractivity contribution in [2.24, 2.45) is 0 Å². The molecule has 0 spiro atoms. The normalized spacial score (nSPS) is 10.7. The first-order valence-corrected chi connectivity index (χ1v) is 10.4. The van der Waals surface area contributed by atoms with Crippen molar-refractivity contribution in [3.8, 4) is 5.75 Å². The number of methoxy groups -OCH3 is 1. The second-order valence-electron chi connectivity index (χ2n) is 6.19. The Morgan fingerprint density at radius 3 is 2.23 bits per heavy atom. The standard InChI is InChI=1S/C20H18N4O6S/c1-30-19-12-11-15(13-18(19)24(26)27)31(28,29)23-17-10-6-5-9-16(17)22-20(25)21-14-7-3-2-4-8-14/h2-13,23H,1H3,(H2,21,22,25). The van der Waals surface area contributed by atoms with Crippen molar-refractivity contribution in [1.29, 1.82) is 0 Å². The van der Waals surface area contributed by atoms with E-state index in [-0.39, 0.29) is 22.0 Å². The van der Waals surface area contributed by atoms with Crippen molar-refractivity contribution in [3.63, 3.8) is 0 Å². The maximum atomic E-state index is 12.8. The zero-order valence-electron chi connectivity index (χ0n) is 16.2. The second-order valence-corrected chi connectivity index (χ2v) is 7.87. The van der Waals surface area contributed by atoms with Gasteiger partial charge in [-0.1, -0.05) is 30.3 Å². The molecule has 0 radical (unpaired) electrons. The van der Waals surface area contributed by atoms with E-state index in [1.807, 2.05) is 0 Å². The summed E-state index contributed by atoms with van der Waals surface area (Å²) in [5.41, 5.74) is 0.356. The highest BCUT2D eigenvalue weighted by molar-refractivity contribution is 7.92. The number of nitrogens with zero attached hydrogens (tertiary/aromatic N) is 1. The summed E-state index contributed by atoms with van der Waals surface area (Å²) in [5, 5.41) is 16.4. The van der Waals surface area contributed by atoms with Crippen LogP contribution in [0.4, 0.5) is 27.5 Å². The van der Waals surface area contributed by atoms with Crippen LogP contribution in [0.5, 0.6) is 5.75 Å². The quantitative estimate of drug-likeness (QED) is 0.373. The number of sulfonamides is 1. The minimum absolute atomic E-state index is 0.0661. The van der Waals surface area contributed by atoms with Crippen LogP contribution in [0.1, 0.15) is 0 Å². The number of ether oxygens (including phenoxy) is 1. The first-order valence-electron chi connectivity index (χ1n) is 8.87. The van der Waals surface area contributed by atoms with Crippen molar-refractivity contribution < 1.29 is 22.9 Å². The number of para-hydroxylation sites is 3. The SMILES string of the molecule is COc1ccc(S(=O)(=O)Nc2ccccc2NC(=O)Nc2ccccc2)cc1[N+](=O)[O-]. The fourth-order valence-corrected chi connectivity index (χ4v) is 3.77. The molecule has 10 nitrogen and oxygen atoms in total. The molecule has 3 N–H and O–H groups in total. The number of nitrogens with one attached hydrogen (secondary N) is 3.